The maximum atomic E-state index is 12.7. The lowest BCUT2D eigenvalue weighted by Gasteiger charge is -2.55. The average Bonchev–Trinajstić information content (AvgIpc) is 2.54. The van der Waals surface area contributed by atoms with Crippen LogP contribution in [-0.4, -0.2) is 36.4 Å². The minimum atomic E-state index is -4.48. The van der Waals surface area contributed by atoms with Crippen molar-refractivity contribution in [1.82, 2.24) is 5.32 Å². The number of carbonyl (C=O) groups is 1. The van der Waals surface area contributed by atoms with Gasteiger partial charge in [-0.3, -0.25) is 4.79 Å². The fraction of sp³-hybridized carbons (Fsp3) is 0.562. The molecule has 126 valence electrons. The molecule has 4 nitrogen and oxygen atoms in total. The van der Waals surface area contributed by atoms with Crippen molar-refractivity contribution < 1.29 is 27.8 Å². The summed E-state index contributed by atoms with van der Waals surface area (Å²) < 4.78 is 43.5. The first-order valence-corrected chi connectivity index (χ1v) is 7.57. The number of aliphatic hydroxyl groups excluding tert-OH is 1. The number of hydrogen-bond donors (Lipinski definition) is 2. The van der Waals surface area contributed by atoms with E-state index in [9.17, 15) is 23.1 Å². The van der Waals surface area contributed by atoms with Crippen LogP contribution in [0.3, 0.4) is 0 Å². The van der Waals surface area contributed by atoms with Crippen molar-refractivity contribution in [1.29, 1.82) is 0 Å². The Labute approximate surface area is 131 Å². The van der Waals surface area contributed by atoms with Crippen LogP contribution in [0.15, 0.2) is 24.3 Å². The van der Waals surface area contributed by atoms with Crippen molar-refractivity contribution in [3.63, 3.8) is 0 Å². The number of halogens is 3. The van der Waals surface area contributed by atoms with Crippen LogP contribution in [-0.2, 0) is 10.9 Å². The largest absolute Gasteiger partial charge is 0.416 e. The molecule has 1 aromatic carbocycles. The third-order valence-electron chi connectivity index (χ3n) is 5.00. The molecule has 0 bridgehead atoms. The van der Waals surface area contributed by atoms with Gasteiger partial charge >= 0.3 is 6.18 Å². The zero-order chi connectivity index (χ0) is 16.7. The topological polar surface area (TPSA) is 58.6 Å². The summed E-state index contributed by atoms with van der Waals surface area (Å²) in [7, 11) is 0. The number of amides is 1. The number of hydrogen-bond acceptors (Lipinski definition) is 3. The SMILES string of the molecule is O=C(N[C@@H]1C[C@@H](O)C12CCOCC2)c1cccc(C(F)(F)F)c1. The lowest BCUT2D eigenvalue weighted by Crippen LogP contribution is -2.65. The highest BCUT2D eigenvalue weighted by Gasteiger charge is 2.55. The summed E-state index contributed by atoms with van der Waals surface area (Å²) in [6.07, 6.45) is -3.28. The molecule has 1 amide bonds. The number of carbonyl (C=O) groups excluding carboxylic acids is 1. The summed E-state index contributed by atoms with van der Waals surface area (Å²) in [5.74, 6) is -0.543. The molecule has 23 heavy (non-hydrogen) atoms. The van der Waals surface area contributed by atoms with Gasteiger partial charge in [0.1, 0.15) is 0 Å². The molecule has 7 heteroatoms. The minimum absolute atomic E-state index is 0.0246. The Morgan fingerprint density at radius 1 is 1.30 bits per heavy atom. The summed E-state index contributed by atoms with van der Waals surface area (Å²) in [6, 6.07) is 4.13. The van der Waals surface area contributed by atoms with Crippen molar-refractivity contribution in [2.45, 2.75) is 37.6 Å². The van der Waals surface area contributed by atoms with E-state index in [0.717, 1.165) is 12.1 Å². The summed E-state index contributed by atoms with van der Waals surface area (Å²) in [6.45, 7) is 1.04. The van der Waals surface area contributed by atoms with Gasteiger partial charge in [0.15, 0.2) is 0 Å². The van der Waals surface area contributed by atoms with E-state index < -0.39 is 29.2 Å². The molecule has 1 aliphatic heterocycles. The Balaban J connectivity index is 1.72. The second-order valence-corrected chi connectivity index (χ2v) is 6.20. The lowest BCUT2D eigenvalue weighted by molar-refractivity contribution is -0.145. The highest BCUT2D eigenvalue weighted by molar-refractivity contribution is 5.94. The third-order valence-corrected chi connectivity index (χ3v) is 5.00. The maximum Gasteiger partial charge on any atom is 0.416 e. The van der Waals surface area contributed by atoms with E-state index in [4.69, 9.17) is 4.74 Å². The van der Waals surface area contributed by atoms with Crippen LogP contribution in [0.25, 0.3) is 0 Å². The standard InChI is InChI=1S/C16H18F3NO3/c17-16(18,19)11-3-1-2-10(8-11)14(22)20-12-9-13(21)15(12)4-6-23-7-5-15/h1-3,8,12-13,21H,4-7,9H2,(H,20,22)/t12-,13-/m1/s1. The van der Waals surface area contributed by atoms with Crippen molar-refractivity contribution in [2.24, 2.45) is 5.41 Å². The third kappa shape index (κ3) is 2.95. The molecule has 2 N–H and O–H groups in total. The second-order valence-electron chi connectivity index (χ2n) is 6.20. The van der Waals surface area contributed by atoms with Gasteiger partial charge in [0, 0.05) is 30.2 Å². The van der Waals surface area contributed by atoms with E-state index >= 15 is 0 Å². The Bertz CT molecular complexity index is 596. The number of ether oxygens (including phenoxy) is 1. The smallest absolute Gasteiger partial charge is 0.392 e. The van der Waals surface area contributed by atoms with Gasteiger partial charge in [-0.05, 0) is 37.5 Å². The second kappa shape index (κ2) is 5.79. The Hall–Kier alpha value is -1.60. The van der Waals surface area contributed by atoms with E-state index in [1.165, 1.54) is 12.1 Å². The van der Waals surface area contributed by atoms with Crippen LogP contribution < -0.4 is 5.32 Å². The van der Waals surface area contributed by atoms with Crippen LogP contribution in [0.5, 0.6) is 0 Å². The molecular formula is C16H18F3NO3. The van der Waals surface area contributed by atoms with Gasteiger partial charge in [0.25, 0.3) is 5.91 Å². The van der Waals surface area contributed by atoms with Crippen LogP contribution in [0.1, 0.15) is 35.2 Å². The maximum absolute atomic E-state index is 12.7. The van der Waals surface area contributed by atoms with Gasteiger partial charge in [-0.25, -0.2) is 0 Å². The summed E-state index contributed by atoms with van der Waals surface area (Å²) >= 11 is 0. The van der Waals surface area contributed by atoms with Gasteiger partial charge in [-0.2, -0.15) is 13.2 Å². The summed E-state index contributed by atoms with van der Waals surface area (Å²) in [4.78, 5) is 12.3. The van der Waals surface area contributed by atoms with E-state index in [0.29, 0.717) is 32.5 Å². The molecule has 2 atom stereocenters. The van der Waals surface area contributed by atoms with E-state index in [1.54, 1.807) is 0 Å². The molecular weight excluding hydrogens is 311 g/mol. The van der Waals surface area contributed by atoms with Crippen molar-refractivity contribution >= 4 is 5.91 Å². The van der Waals surface area contributed by atoms with E-state index in [1.807, 2.05) is 0 Å². The average molecular weight is 329 g/mol. The molecule has 1 heterocycles. The first kappa shape index (κ1) is 16.3. The predicted octanol–water partition coefficient (Wildman–Crippen LogP) is 2.37. The van der Waals surface area contributed by atoms with Gasteiger partial charge in [0.05, 0.1) is 11.7 Å². The van der Waals surface area contributed by atoms with Crippen LogP contribution >= 0.6 is 0 Å². The Morgan fingerprint density at radius 3 is 2.61 bits per heavy atom. The molecule has 3 rings (SSSR count). The van der Waals surface area contributed by atoms with Crippen LogP contribution in [0.2, 0.25) is 0 Å². The van der Waals surface area contributed by atoms with Gasteiger partial charge < -0.3 is 15.2 Å². The van der Waals surface area contributed by atoms with Crippen molar-refractivity contribution in [3.05, 3.63) is 35.4 Å². The highest BCUT2D eigenvalue weighted by Crippen LogP contribution is 2.49. The molecule has 0 unspecified atom stereocenters. The minimum Gasteiger partial charge on any atom is -0.392 e. The quantitative estimate of drug-likeness (QED) is 0.876. The number of alkyl halides is 3. The van der Waals surface area contributed by atoms with Gasteiger partial charge in [-0.1, -0.05) is 6.07 Å². The first-order chi connectivity index (χ1) is 10.8. The summed E-state index contributed by atoms with van der Waals surface area (Å²) in [5, 5.41) is 12.9. The highest BCUT2D eigenvalue weighted by atomic mass is 19.4. The first-order valence-electron chi connectivity index (χ1n) is 7.57. The fourth-order valence-electron chi connectivity index (χ4n) is 3.48. The van der Waals surface area contributed by atoms with Crippen molar-refractivity contribution in [2.75, 3.05) is 13.2 Å². The van der Waals surface area contributed by atoms with Crippen LogP contribution in [0.4, 0.5) is 13.2 Å². The van der Waals surface area contributed by atoms with Crippen LogP contribution in [0, 0.1) is 5.41 Å². The summed E-state index contributed by atoms with van der Waals surface area (Å²) in [5.41, 5.74) is -1.28. The molecule has 2 aliphatic rings. The normalized spacial score (nSPS) is 26.6. The van der Waals surface area contributed by atoms with Crippen molar-refractivity contribution in [3.8, 4) is 0 Å². The Kier molecular flexibility index (Phi) is 4.10. The zero-order valence-electron chi connectivity index (χ0n) is 12.4. The predicted molar refractivity (Wildman–Crippen MR) is 75.8 cm³/mol. The zero-order valence-corrected chi connectivity index (χ0v) is 12.4. The van der Waals surface area contributed by atoms with E-state index in [2.05, 4.69) is 5.32 Å². The molecule has 1 aromatic rings. The fourth-order valence-corrected chi connectivity index (χ4v) is 3.48. The monoisotopic (exact) mass is 329 g/mol. The number of rotatable bonds is 2. The molecule has 1 aliphatic carbocycles. The van der Waals surface area contributed by atoms with Gasteiger partial charge in [-0.15, -0.1) is 0 Å². The molecule has 0 radical (unpaired) electrons. The molecule has 2 fully saturated rings. The Morgan fingerprint density at radius 2 is 2.00 bits per heavy atom. The van der Waals surface area contributed by atoms with E-state index in [-0.39, 0.29) is 11.6 Å². The lowest BCUT2D eigenvalue weighted by atomic mass is 9.58. The number of benzene rings is 1. The number of aliphatic hydroxyl groups is 1. The number of nitrogens with one attached hydrogen (secondary N) is 1. The molecule has 0 aromatic heterocycles. The molecule has 1 spiro atoms. The molecule has 1 saturated carbocycles. The molecule has 1 saturated heterocycles. The van der Waals surface area contributed by atoms with Gasteiger partial charge in [0.2, 0.25) is 0 Å².